The first-order chi connectivity index (χ1) is 21.2. The monoisotopic (exact) mass is 634 g/mol. The lowest BCUT2D eigenvalue weighted by molar-refractivity contribution is -0.0151. The van der Waals surface area contributed by atoms with E-state index < -0.39 is 21.7 Å². The molecule has 1 amide bonds. The summed E-state index contributed by atoms with van der Waals surface area (Å²) >= 11 is 6.05. The van der Waals surface area contributed by atoms with Gasteiger partial charge in [-0.3, -0.25) is 4.98 Å². The van der Waals surface area contributed by atoms with Crippen LogP contribution in [0.3, 0.4) is 0 Å². The van der Waals surface area contributed by atoms with E-state index in [1.807, 2.05) is 36.4 Å². The molecule has 0 atom stereocenters. The summed E-state index contributed by atoms with van der Waals surface area (Å²) in [6.45, 7) is 0.758. The van der Waals surface area contributed by atoms with E-state index in [0.29, 0.717) is 31.6 Å². The Kier molecular flexibility index (Phi) is 8.60. The van der Waals surface area contributed by atoms with Crippen LogP contribution >= 0.6 is 11.6 Å². The normalized spacial score (nSPS) is 15.8. The fourth-order valence-corrected chi connectivity index (χ4v) is 7.49. The van der Waals surface area contributed by atoms with E-state index in [4.69, 9.17) is 21.1 Å². The van der Waals surface area contributed by atoms with Crippen molar-refractivity contribution < 1.29 is 27.1 Å². The predicted octanol–water partition coefficient (Wildman–Crippen LogP) is 7.15. The van der Waals surface area contributed by atoms with Crippen molar-refractivity contribution in [1.29, 1.82) is 0 Å². The Morgan fingerprint density at radius 2 is 1.73 bits per heavy atom. The van der Waals surface area contributed by atoms with Gasteiger partial charge in [0.05, 0.1) is 22.2 Å². The second kappa shape index (κ2) is 12.6. The zero-order valence-electron chi connectivity index (χ0n) is 24.0. The van der Waals surface area contributed by atoms with Crippen molar-refractivity contribution in [3.8, 4) is 16.9 Å². The summed E-state index contributed by atoms with van der Waals surface area (Å²) in [4.78, 5) is 18.4. The lowest BCUT2D eigenvalue weighted by atomic mass is 9.82. The second-order valence-corrected chi connectivity index (χ2v) is 13.9. The van der Waals surface area contributed by atoms with E-state index in [1.165, 1.54) is 12.1 Å². The average Bonchev–Trinajstić information content (AvgIpc) is 3.01. The summed E-state index contributed by atoms with van der Waals surface area (Å²) in [6.07, 6.45) is 4.15. The largest absolute Gasteiger partial charge is 0.487 e. The maximum Gasteiger partial charge on any atom is 0.410 e. The van der Waals surface area contributed by atoms with Crippen molar-refractivity contribution in [1.82, 2.24) is 9.88 Å². The van der Waals surface area contributed by atoms with E-state index in [9.17, 15) is 17.6 Å². The van der Waals surface area contributed by atoms with Gasteiger partial charge in [0.25, 0.3) is 0 Å². The van der Waals surface area contributed by atoms with E-state index >= 15 is 0 Å². The molecule has 0 saturated carbocycles. The highest BCUT2D eigenvalue weighted by atomic mass is 35.5. The number of carbonyl (C=O) groups is 1. The van der Waals surface area contributed by atoms with Gasteiger partial charge in [-0.2, -0.15) is 0 Å². The molecule has 3 heterocycles. The van der Waals surface area contributed by atoms with Gasteiger partial charge in [-0.1, -0.05) is 54.1 Å². The summed E-state index contributed by atoms with van der Waals surface area (Å²) in [5, 5.41) is 0.229. The number of benzene rings is 3. The zero-order chi connectivity index (χ0) is 30.7. The smallest absolute Gasteiger partial charge is 0.410 e. The minimum absolute atomic E-state index is 0.0426. The Morgan fingerprint density at radius 3 is 2.45 bits per heavy atom. The van der Waals surface area contributed by atoms with Crippen LogP contribution in [0.4, 0.5) is 9.18 Å². The molecule has 7 nitrogen and oxygen atoms in total. The molecular weight excluding hydrogens is 603 g/mol. The number of piperidine rings is 1. The molecule has 44 heavy (non-hydrogen) atoms. The van der Waals surface area contributed by atoms with Crippen molar-refractivity contribution in [2.75, 3.05) is 13.1 Å². The standard InChI is InChI=1S/C34H32ClFN2O5S/c35-30-5-3-6-31(36)29(30)21-42-33(39)38-18-15-34(16-19-38)14-13-27-20-26(11-12-32(27)43-34)25-9-7-24(8-10-25)22-44(40,41)23-28-4-1-2-17-37-28/h1-12,17,20H,13-16,18-19,21-23H2. The van der Waals surface area contributed by atoms with Crippen LogP contribution in [0.15, 0.2) is 85.1 Å². The first kappa shape index (κ1) is 30.1. The number of hydrogen-bond acceptors (Lipinski definition) is 6. The summed E-state index contributed by atoms with van der Waals surface area (Å²) < 4.78 is 51.3. The van der Waals surface area contributed by atoms with Crippen LogP contribution in [0.2, 0.25) is 5.02 Å². The number of ether oxygens (including phenoxy) is 2. The highest BCUT2D eigenvalue weighted by Crippen LogP contribution is 2.41. The molecule has 0 N–H and O–H groups in total. The number of amides is 1. The third kappa shape index (κ3) is 6.89. The van der Waals surface area contributed by atoms with Crippen molar-refractivity contribution in [3.05, 3.63) is 118 Å². The number of hydrogen-bond donors (Lipinski definition) is 0. The molecule has 1 fully saturated rings. The molecule has 2 aliphatic rings. The van der Waals surface area contributed by atoms with Gasteiger partial charge in [-0.05, 0) is 71.5 Å². The van der Waals surface area contributed by atoms with Crippen molar-refractivity contribution >= 4 is 27.5 Å². The molecule has 0 aliphatic carbocycles. The molecule has 2 aliphatic heterocycles. The number of fused-ring (bicyclic) bond motifs is 1. The van der Waals surface area contributed by atoms with Gasteiger partial charge in [0.1, 0.15) is 23.8 Å². The molecule has 1 aromatic heterocycles. The molecule has 0 radical (unpaired) electrons. The third-order valence-corrected chi connectivity index (χ3v) is 10.2. The molecular formula is C34H32ClFN2O5S. The van der Waals surface area contributed by atoms with Crippen molar-refractivity contribution in [2.45, 2.75) is 49.4 Å². The molecule has 10 heteroatoms. The summed E-state index contributed by atoms with van der Waals surface area (Å²) in [5.74, 6) is 0.219. The van der Waals surface area contributed by atoms with Gasteiger partial charge in [-0.25, -0.2) is 17.6 Å². The number of aromatic nitrogens is 1. The van der Waals surface area contributed by atoms with Crippen LogP contribution in [0.5, 0.6) is 5.75 Å². The SMILES string of the molecule is O=C(OCc1c(F)cccc1Cl)N1CCC2(CCc3cc(-c4ccc(CS(=O)(=O)Cc5ccccn5)cc4)ccc3O2)CC1. The molecule has 1 spiro atoms. The van der Waals surface area contributed by atoms with E-state index in [1.54, 1.807) is 35.4 Å². The first-order valence-electron chi connectivity index (χ1n) is 14.5. The van der Waals surface area contributed by atoms with E-state index in [2.05, 4.69) is 11.1 Å². The molecule has 3 aromatic carbocycles. The summed E-state index contributed by atoms with van der Waals surface area (Å²) in [6, 6.07) is 23.4. The fraction of sp³-hybridized carbons (Fsp3) is 0.294. The summed E-state index contributed by atoms with van der Waals surface area (Å²) in [5.41, 5.74) is 4.27. The number of carbonyl (C=O) groups excluding carboxylic acids is 1. The average molecular weight is 635 g/mol. The molecule has 0 unspecified atom stereocenters. The first-order valence-corrected chi connectivity index (χ1v) is 16.7. The Balaban J connectivity index is 1.04. The predicted molar refractivity (Wildman–Crippen MR) is 167 cm³/mol. The highest BCUT2D eigenvalue weighted by Gasteiger charge is 2.41. The van der Waals surface area contributed by atoms with Crippen LogP contribution in [0.1, 0.15) is 41.6 Å². The fourth-order valence-electron chi connectivity index (χ4n) is 5.85. The number of rotatable bonds is 7. The quantitative estimate of drug-likeness (QED) is 0.215. The number of halogens is 2. The van der Waals surface area contributed by atoms with Crippen LogP contribution < -0.4 is 4.74 Å². The maximum absolute atomic E-state index is 14.0. The topological polar surface area (TPSA) is 85.8 Å². The van der Waals surface area contributed by atoms with Gasteiger partial charge in [0.15, 0.2) is 9.84 Å². The molecule has 0 bridgehead atoms. The zero-order valence-corrected chi connectivity index (χ0v) is 25.6. The van der Waals surface area contributed by atoms with Crippen molar-refractivity contribution in [2.24, 2.45) is 0 Å². The maximum atomic E-state index is 14.0. The Labute approximate surface area is 261 Å². The van der Waals surface area contributed by atoms with Gasteiger partial charge in [-0.15, -0.1) is 0 Å². The number of likely N-dealkylation sites (tertiary alicyclic amines) is 1. The second-order valence-electron chi connectivity index (χ2n) is 11.4. The number of nitrogens with zero attached hydrogens (tertiary/aromatic N) is 2. The van der Waals surface area contributed by atoms with Gasteiger partial charge >= 0.3 is 6.09 Å². The van der Waals surface area contributed by atoms with E-state index in [0.717, 1.165) is 40.8 Å². The summed E-state index contributed by atoms with van der Waals surface area (Å²) in [7, 11) is -3.34. The lowest BCUT2D eigenvalue weighted by Crippen LogP contribution is -2.51. The van der Waals surface area contributed by atoms with Crippen LogP contribution in [-0.2, 0) is 39.1 Å². The molecule has 4 aromatic rings. The number of sulfone groups is 1. The Hall–Kier alpha value is -3.95. The van der Waals surface area contributed by atoms with Gasteiger partial charge in [0.2, 0.25) is 0 Å². The van der Waals surface area contributed by atoms with Crippen LogP contribution in [-0.4, -0.2) is 43.1 Å². The van der Waals surface area contributed by atoms with Crippen LogP contribution in [0, 0.1) is 5.82 Å². The Bertz CT molecular complexity index is 1740. The lowest BCUT2D eigenvalue weighted by Gasteiger charge is -2.44. The minimum Gasteiger partial charge on any atom is -0.487 e. The molecule has 6 rings (SSSR count). The van der Waals surface area contributed by atoms with E-state index in [-0.39, 0.29) is 34.3 Å². The van der Waals surface area contributed by atoms with Crippen LogP contribution in [0.25, 0.3) is 11.1 Å². The van der Waals surface area contributed by atoms with Crippen molar-refractivity contribution in [3.63, 3.8) is 0 Å². The molecule has 228 valence electrons. The number of pyridine rings is 1. The Morgan fingerprint density at radius 1 is 0.955 bits per heavy atom. The molecule has 1 saturated heterocycles. The van der Waals surface area contributed by atoms with Gasteiger partial charge < -0.3 is 14.4 Å². The van der Waals surface area contributed by atoms with Gasteiger partial charge in [0, 0.05) is 37.7 Å². The third-order valence-electron chi connectivity index (χ3n) is 8.34. The number of aryl methyl sites for hydroxylation is 1. The minimum atomic E-state index is -3.34. The highest BCUT2D eigenvalue weighted by molar-refractivity contribution is 7.89.